The van der Waals surface area contributed by atoms with Crippen LogP contribution in [0.1, 0.15) is 39.9 Å². The second-order valence-electron chi connectivity index (χ2n) is 7.47. The summed E-state index contributed by atoms with van der Waals surface area (Å²) < 4.78 is 27.8. The molecular weight excluding hydrogens is 396 g/mol. The van der Waals surface area contributed by atoms with Crippen molar-refractivity contribution >= 4 is 21.6 Å². The molecule has 5 nitrogen and oxygen atoms in total. The molecule has 0 heterocycles. The van der Waals surface area contributed by atoms with Crippen molar-refractivity contribution < 1.29 is 13.2 Å². The van der Waals surface area contributed by atoms with Gasteiger partial charge in [0.05, 0.1) is 10.6 Å². The molecule has 3 rings (SSSR count). The lowest BCUT2D eigenvalue weighted by molar-refractivity contribution is 0.0951. The van der Waals surface area contributed by atoms with Crippen LogP contribution in [0.25, 0.3) is 0 Å². The summed E-state index contributed by atoms with van der Waals surface area (Å²) in [6, 6.07) is 21.6. The molecule has 2 N–H and O–H groups in total. The van der Waals surface area contributed by atoms with Crippen molar-refractivity contribution in [1.82, 2.24) is 5.32 Å². The molecule has 3 aromatic rings. The largest absolute Gasteiger partial charge is 0.351 e. The van der Waals surface area contributed by atoms with Gasteiger partial charge in [0.25, 0.3) is 15.9 Å². The third kappa shape index (κ3) is 5.27. The van der Waals surface area contributed by atoms with Gasteiger partial charge in [0.2, 0.25) is 0 Å². The van der Waals surface area contributed by atoms with Crippen LogP contribution in [-0.2, 0) is 10.0 Å². The van der Waals surface area contributed by atoms with Crippen LogP contribution in [0.3, 0.4) is 0 Å². The van der Waals surface area contributed by atoms with Crippen molar-refractivity contribution in [3.8, 4) is 0 Å². The summed E-state index contributed by atoms with van der Waals surface area (Å²) in [5, 5.41) is 2.95. The average molecular weight is 423 g/mol. The number of carbonyl (C=O) groups is 1. The first-order valence-corrected chi connectivity index (χ1v) is 11.3. The Balaban J connectivity index is 1.67. The summed E-state index contributed by atoms with van der Waals surface area (Å²) in [6.45, 7) is 6.25. The molecule has 0 aliphatic carbocycles. The van der Waals surface area contributed by atoms with E-state index in [4.69, 9.17) is 0 Å². The highest BCUT2D eigenvalue weighted by Crippen LogP contribution is 2.21. The Morgan fingerprint density at radius 3 is 2.23 bits per heavy atom. The first-order valence-electron chi connectivity index (χ1n) is 9.79. The molecule has 1 unspecified atom stereocenters. The number of carbonyl (C=O) groups excluding carboxylic acids is 1. The number of benzene rings is 3. The highest BCUT2D eigenvalue weighted by molar-refractivity contribution is 7.92. The Morgan fingerprint density at radius 1 is 0.933 bits per heavy atom. The summed E-state index contributed by atoms with van der Waals surface area (Å²) in [4.78, 5) is 12.7. The Bertz CT molecular complexity index is 1120. The van der Waals surface area contributed by atoms with Crippen molar-refractivity contribution in [1.29, 1.82) is 0 Å². The van der Waals surface area contributed by atoms with E-state index in [0.29, 0.717) is 23.4 Å². The third-order valence-electron chi connectivity index (χ3n) is 5.00. The van der Waals surface area contributed by atoms with Gasteiger partial charge >= 0.3 is 0 Å². The van der Waals surface area contributed by atoms with E-state index >= 15 is 0 Å². The van der Waals surface area contributed by atoms with Crippen molar-refractivity contribution in [3.63, 3.8) is 0 Å². The maximum absolute atomic E-state index is 12.6. The SMILES string of the molecule is Cc1ccc(S(=O)(=O)Nc2ccc(C(=O)NCC(C)c3ccccc3)cc2C)cc1. The summed E-state index contributed by atoms with van der Waals surface area (Å²) in [6.07, 6.45) is 0. The highest BCUT2D eigenvalue weighted by atomic mass is 32.2. The van der Waals surface area contributed by atoms with Crippen molar-refractivity contribution in [2.45, 2.75) is 31.6 Å². The van der Waals surface area contributed by atoms with E-state index in [1.54, 1.807) is 49.4 Å². The molecule has 3 aromatic carbocycles. The molecule has 0 radical (unpaired) electrons. The summed E-state index contributed by atoms with van der Waals surface area (Å²) >= 11 is 0. The van der Waals surface area contributed by atoms with Gasteiger partial charge in [0.15, 0.2) is 0 Å². The molecule has 0 saturated carbocycles. The predicted octanol–water partition coefficient (Wildman–Crippen LogP) is 4.64. The van der Waals surface area contributed by atoms with E-state index in [0.717, 1.165) is 11.1 Å². The fourth-order valence-electron chi connectivity index (χ4n) is 3.09. The van der Waals surface area contributed by atoms with Crippen molar-refractivity contribution in [2.24, 2.45) is 0 Å². The lowest BCUT2D eigenvalue weighted by Gasteiger charge is -2.14. The van der Waals surface area contributed by atoms with Gasteiger partial charge in [-0.25, -0.2) is 8.42 Å². The highest BCUT2D eigenvalue weighted by Gasteiger charge is 2.16. The Labute approximate surface area is 178 Å². The van der Waals surface area contributed by atoms with Gasteiger partial charge in [0.1, 0.15) is 0 Å². The summed E-state index contributed by atoms with van der Waals surface area (Å²) in [7, 11) is -3.69. The average Bonchev–Trinajstić information content (AvgIpc) is 2.74. The lowest BCUT2D eigenvalue weighted by Crippen LogP contribution is -2.27. The van der Waals surface area contributed by atoms with E-state index in [1.807, 2.05) is 37.3 Å². The van der Waals surface area contributed by atoms with Gasteiger partial charge in [-0.2, -0.15) is 0 Å². The van der Waals surface area contributed by atoms with E-state index in [9.17, 15) is 13.2 Å². The Morgan fingerprint density at radius 2 is 1.60 bits per heavy atom. The summed E-state index contributed by atoms with van der Waals surface area (Å²) in [5.41, 5.74) is 3.77. The van der Waals surface area contributed by atoms with Gasteiger partial charge in [-0.1, -0.05) is 55.0 Å². The number of aryl methyl sites for hydroxylation is 2. The van der Waals surface area contributed by atoms with Crippen LogP contribution < -0.4 is 10.0 Å². The molecule has 0 spiro atoms. The van der Waals surface area contributed by atoms with Gasteiger partial charge in [-0.05, 0) is 61.2 Å². The van der Waals surface area contributed by atoms with Gasteiger partial charge in [-0.3, -0.25) is 9.52 Å². The van der Waals surface area contributed by atoms with E-state index in [2.05, 4.69) is 17.0 Å². The normalized spacial score (nSPS) is 12.2. The minimum absolute atomic E-state index is 0.186. The second kappa shape index (κ2) is 9.13. The lowest BCUT2D eigenvalue weighted by atomic mass is 10.0. The van der Waals surface area contributed by atoms with Crippen LogP contribution in [-0.4, -0.2) is 20.9 Å². The predicted molar refractivity (Wildman–Crippen MR) is 120 cm³/mol. The van der Waals surface area contributed by atoms with Crippen LogP contribution in [0.2, 0.25) is 0 Å². The molecule has 0 aliphatic heterocycles. The zero-order chi connectivity index (χ0) is 21.7. The number of amides is 1. The fraction of sp³-hybridized carbons (Fsp3) is 0.208. The number of anilines is 1. The number of rotatable bonds is 7. The zero-order valence-corrected chi connectivity index (χ0v) is 18.2. The maximum atomic E-state index is 12.6. The van der Waals surface area contributed by atoms with Crippen LogP contribution >= 0.6 is 0 Å². The smallest absolute Gasteiger partial charge is 0.261 e. The molecule has 0 fully saturated rings. The van der Waals surface area contributed by atoms with E-state index < -0.39 is 10.0 Å². The number of hydrogen-bond acceptors (Lipinski definition) is 3. The molecule has 30 heavy (non-hydrogen) atoms. The Hall–Kier alpha value is -3.12. The van der Waals surface area contributed by atoms with E-state index in [1.165, 1.54) is 0 Å². The third-order valence-corrected chi connectivity index (χ3v) is 6.38. The minimum atomic E-state index is -3.69. The zero-order valence-electron chi connectivity index (χ0n) is 17.3. The van der Waals surface area contributed by atoms with Gasteiger partial charge < -0.3 is 5.32 Å². The van der Waals surface area contributed by atoms with Crippen LogP contribution in [0, 0.1) is 13.8 Å². The molecule has 1 amide bonds. The maximum Gasteiger partial charge on any atom is 0.261 e. The first-order chi connectivity index (χ1) is 14.3. The first kappa shape index (κ1) is 21.6. The van der Waals surface area contributed by atoms with Crippen LogP contribution in [0.4, 0.5) is 5.69 Å². The number of nitrogens with one attached hydrogen (secondary N) is 2. The fourth-order valence-corrected chi connectivity index (χ4v) is 4.22. The Kier molecular flexibility index (Phi) is 6.57. The monoisotopic (exact) mass is 422 g/mol. The molecule has 0 aliphatic rings. The topological polar surface area (TPSA) is 75.3 Å². The standard InChI is InChI=1S/C24H26N2O3S/c1-17-9-12-22(13-10-17)30(28,29)26-23-14-11-21(15-18(23)2)24(27)25-16-19(3)20-7-5-4-6-8-20/h4-15,19,26H,16H2,1-3H3,(H,25,27). The van der Waals surface area contributed by atoms with Crippen LogP contribution in [0.15, 0.2) is 77.7 Å². The van der Waals surface area contributed by atoms with Crippen molar-refractivity contribution in [3.05, 3.63) is 95.1 Å². The van der Waals surface area contributed by atoms with Gasteiger partial charge in [-0.15, -0.1) is 0 Å². The quantitative estimate of drug-likeness (QED) is 0.583. The molecule has 0 saturated heterocycles. The number of hydrogen-bond donors (Lipinski definition) is 2. The molecule has 0 bridgehead atoms. The van der Waals surface area contributed by atoms with E-state index in [-0.39, 0.29) is 16.7 Å². The second-order valence-corrected chi connectivity index (χ2v) is 9.15. The van der Waals surface area contributed by atoms with Crippen molar-refractivity contribution in [2.75, 3.05) is 11.3 Å². The van der Waals surface area contributed by atoms with Crippen LogP contribution in [0.5, 0.6) is 0 Å². The number of sulfonamides is 1. The molecular formula is C24H26N2O3S. The minimum Gasteiger partial charge on any atom is -0.351 e. The molecule has 1 atom stereocenters. The molecule has 156 valence electrons. The summed E-state index contributed by atoms with van der Waals surface area (Å²) in [5.74, 6) is 0.00524. The van der Waals surface area contributed by atoms with Gasteiger partial charge in [0, 0.05) is 12.1 Å². The molecule has 0 aromatic heterocycles. The molecule has 6 heteroatoms.